The second-order valence-electron chi connectivity index (χ2n) is 7.95. The van der Waals surface area contributed by atoms with Crippen molar-refractivity contribution in [1.82, 2.24) is 9.80 Å². The first-order chi connectivity index (χ1) is 10.7. The molecule has 2 heterocycles. The van der Waals surface area contributed by atoms with E-state index in [2.05, 4.69) is 4.90 Å². The van der Waals surface area contributed by atoms with Gasteiger partial charge in [-0.1, -0.05) is 12.8 Å². The van der Waals surface area contributed by atoms with E-state index in [1.165, 1.54) is 25.7 Å². The van der Waals surface area contributed by atoms with E-state index in [0.29, 0.717) is 18.4 Å². The maximum absolute atomic E-state index is 12.9. The highest BCUT2D eigenvalue weighted by molar-refractivity contribution is 5.83. The van der Waals surface area contributed by atoms with E-state index in [4.69, 9.17) is 0 Å². The van der Waals surface area contributed by atoms with Gasteiger partial charge in [0.15, 0.2) is 0 Å². The number of nitrogens with zero attached hydrogens (tertiary/aromatic N) is 2. The first-order valence-electron chi connectivity index (χ1n) is 9.30. The number of fused-ring (bicyclic) bond motifs is 1. The highest BCUT2D eigenvalue weighted by Crippen LogP contribution is 2.37. The fourth-order valence-corrected chi connectivity index (χ4v) is 4.81. The van der Waals surface area contributed by atoms with Gasteiger partial charge in [-0.05, 0) is 50.4 Å². The highest BCUT2D eigenvalue weighted by Gasteiger charge is 2.41. The van der Waals surface area contributed by atoms with Gasteiger partial charge in [0, 0.05) is 32.1 Å². The molecule has 4 rings (SSSR count). The summed E-state index contributed by atoms with van der Waals surface area (Å²) in [7, 11) is 0. The molecule has 4 fully saturated rings. The van der Waals surface area contributed by atoms with E-state index in [9.17, 15) is 9.59 Å². The first kappa shape index (κ1) is 14.5. The van der Waals surface area contributed by atoms with Crippen LogP contribution in [-0.4, -0.2) is 47.8 Å². The van der Waals surface area contributed by atoms with Gasteiger partial charge in [-0.15, -0.1) is 0 Å². The Bertz CT molecular complexity index is 446. The van der Waals surface area contributed by atoms with Crippen LogP contribution in [0.25, 0.3) is 0 Å². The number of likely N-dealkylation sites (tertiary alicyclic amines) is 2. The zero-order valence-corrected chi connectivity index (χ0v) is 13.5. The summed E-state index contributed by atoms with van der Waals surface area (Å²) in [6.07, 6.45) is 9.39. The summed E-state index contributed by atoms with van der Waals surface area (Å²) < 4.78 is 0. The lowest BCUT2D eigenvalue weighted by atomic mass is 9.82. The van der Waals surface area contributed by atoms with Crippen LogP contribution in [0.3, 0.4) is 0 Å². The number of carbonyl (C=O) groups is 2. The van der Waals surface area contributed by atoms with Crippen LogP contribution in [0, 0.1) is 23.7 Å². The SMILES string of the molecule is O=C(C1CC1)N1CCC[C@H](C(=O)N2C[C@H]3CCCC[C@H]3C2)C1. The van der Waals surface area contributed by atoms with Crippen molar-refractivity contribution in [3.05, 3.63) is 0 Å². The summed E-state index contributed by atoms with van der Waals surface area (Å²) in [6.45, 7) is 3.51. The summed E-state index contributed by atoms with van der Waals surface area (Å²) in [6, 6.07) is 0. The Morgan fingerprint density at radius 2 is 1.27 bits per heavy atom. The zero-order valence-electron chi connectivity index (χ0n) is 13.5. The zero-order chi connectivity index (χ0) is 15.1. The van der Waals surface area contributed by atoms with Crippen molar-refractivity contribution in [2.24, 2.45) is 23.7 Å². The molecule has 4 heteroatoms. The molecule has 2 saturated heterocycles. The van der Waals surface area contributed by atoms with Crippen molar-refractivity contribution in [2.75, 3.05) is 26.2 Å². The molecule has 2 amide bonds. The molecule has 0 unspecified atom stereocenters. The maximum atomic E-state index is 12.9. The number of amides is 2. The van der Waals surface area contributed by atoms with Crippen molar-refractivity contribution in [3.63, 3.8) is 0 Å². The smallest absolute Gasteiger partial charge is 0.227 e. The molecule has 3 atom stereocenters. The first-order valence-corrected chi connectivity index (χ1v) is 9.30. The van der Waals surface area contributed by atoms with E-state index in [0.717, 1.165) is 57.2 Å². The molecule has 0 bridgehead atoms. The second kappa shape index (κ2) is 5.86. The van der Waals surface area contributed by atoms with Crippen LogP contribution in [0.1, 0.15) is 51.4 Å². The van der Waals surface area contributed by atoms with E-state index in [1.54, 1.807) is 0 Å². The molecular weight excluding hydrogens is 276 g/mol. The molecule has 0 aromatic carbocycles. The van der Waals surface area contributed by atoms with Crippen molar-refractivity contribution in [3.8, 4) is 0 Å². The summed E-state index contributed by atoms with van der Waals surface area (Å²) in [5.41, 5.74) is 0. The van der Waals surface area contributed by atoms with Gasteiger partial charge in [-0.2, -0.15) is 0 Å². The lowest BCUT2D eigenvalue weighted by molar-refractivity contribution is -0.141. The molecule has 4 aliphatic rings. The van der Waals surface area contributed by atoms with Gasteiger partial charge in [0.2, 0.25) is 11.8 Å². The Balaban J connectivity index is 1.36. The number of piperidine rings is 1. The fraction of sp³-hybridized carbons (Fsp3) is 0.889. The van der Waals surface area contributed by atoms with E-state index >= 15 is 0 Å². The monoisotopic (exact) mass is 304 g/mol. The predicted molar refractivity (Wildman–Crippen MR) is 84.1 cm³/mol. The normalized spacial score (nSPS) is 35.4. The molecule has 4 nitrogen and oxygen atoms in total. The Morgan fingerprint density at radius 1 is 0.636 bits per heavy atom. The fourth-order valence-electron chi connectivity index (χ4n) is 4.81. The lowest BCUT2D eigenvalue weighted by Crippen LogP contribution is -2.46. The molecule has 0 aromatic rings. The highest BCUT2D eigenvalue weighted by atomic mass is 16.2. The molecule has 122 valence electrons. The quantitative estimate of drug-likeness (QED) is 0.785. The third-order valence-corrected chi connectivity index (χ3v) is 6.30. The maximum Gasteiger partial charge on any atom is 0.227 e. The van der Waals surface area contributed by atoms with Crippen molar-refractivity contribution in [1.29, 1.82) is 0 Å². The number of hydrogen-bond donors (Lipinski definition) is 0. The summed E-state index contributed by atoms with van der Waals surface area (Å²) in [4.78, 5) is 29.3. The largest absolute Gasteiger partial charge is 0.342 e. The van der Waals surface area contributed by atoms with Gasteiger partial charge >= 0.3 is 0 Å². The van der Waals surface area contributed by atoms with Crippen LogP contribution in [0.4, 0.5) is 0 Å². The van der Waals surface area contributed by atoms with E-state index < -0.39 is 0 Å². The summed E-state index contributed by atoms with van der Waals surface area (Å²) in [5.74, 6) is 2.51. The van der Waals surface area contributed by atoms with Gasteiger partial charge in [-0.25, -0.2) is 0 Å². The van der Waals surface area contributed by atoms with E-state index in [-0.39, 0.29) is 11.8 Å². The minimum atomic E-state index is 0.0663. The molecule has 0 spiro atoms. The third-order valence-electron chi connectivity index (χ3n) is 6.30. The van der Waals surface area contributed by atoms with Crippen molar-refractivity contribution < 1.29 is 9.59 Å². The average molecular weight is 304 g/mol. The minimum absolute atomic E-state index is 0.0663. The van der Waals surface area contributed by atoms with Crippen molar-refractivity contribution >= 4 is 11.8 Å². The van der Waals surface area contributed by atoms with Crippen molar-refractivity contribution in [2.45, 2.75) is 51.4 Å². The second-order valence-corrected chi connectivity index (χ2v) is 7.95. The molecule has 0 aromatic heterocycles. The Kier molecular flexibility index (Phi) is 3.87. The van der Waals surface area contributed by atoms with Crippen LogP contribution in [-0.2, 0) is 9.59 Å². The Hall–Kier alpha value is -1.06. The molecular formula is C18H28N2O2. The predicted octanol–water partition coefficient (Wildman–Crippen LogP) is 2.28. The molecule has 0 N–H and O–H groups in total. The van der Waals surface area contributed by atoms with Gasteiger partial charge < -0.3 is 9.80 Å². The van der Waals surface area contributed by atoms with Crippen LogP contribution < -0.4 is 0 Å². The van der Waals surface area contributed by atoms with Crippen LogP contribution in [0.2, 0.25) is 0 Å². The summed E-state index contributed by atoms with van der Waals surface area (Å²) >= 11 is 0. The van der Waals surface area contributed by atoms with Crippen LogP contribution in [0.5, 0.6) is 0 Å². The third kappa shape index (κ3) is 2.77. The molecule has 0 radical (unpaired) electrons. The molecule has 2 aliphatic heterocycles. The van der Waals surface area contributed by atoms with Gasteiger partial charge in [-0.3, -0.25) is 9.59 Å². The topological polar surface area (TPSA) is 40.6 Å². The number of hydrogen-bond acceptors (Lipinski definition) is 2. The van der Waals surface area contributed by atoms with Crippen LogP contribution in [0.15, 0.2) is 0 Å². The summed E-state index contributed by atoms with van der Waals surface area (Å²) in [5, 5.41) is 0. The number of carbonyl (C=O) groups excluding carboxylic acids is 2. The molecule has 2 saturated carbocycles. The standard InChI is InChI=1S/C18H28N2O2/c21-17(13-7-8-13)19-9-3-6-16(12-19)18(22)20-10-14-4-1-2-5-15(14)11-20/h13-16H,1-12H2/t14-,15+,16-/m0/s1. The van der Waals surface area contributed by atoms with Gasteiger partial charge in [0.25, 0.3) is 0 Å². The number of rotatable bonds is 2. The average Bonchev–Trinajstić information content (AvgIpc) is 3.32. The molecule has 22 heavy (non-hydrogen) atoms. The van der Waals surface area contributed by atoms with Gasteiger partial charge in [0.1, 0.15) is 0 Å². The molecule has 2 aliphatic carbocycles. The van der Waals surface area contributed by atoms with Gasteiger partial charge in [0.05, 0.1) is 5.92 Å². The lowest BCUT2D eigenvalue weighted by Gasteiger charge is -2.34. The van der Waals surface area contributed by atoms with Crippen LogP contribution >= 0.6 is 0 Å². The Labute approximate surface area is 133 Å². The Morgan fingerprint density at radius 3 is 1.91 bits per heavy atom. The van der Waals surface area contributed by atoms with E-state index in [1.807, 2.05) is 4.90 Å². The minimum Gasteiger partial charge on any atom is -0.342 e.